The lowest BCUT2D eigenvalue weighted by atomic mass is 10.1. The summed E-state index contributed by atoms with van der Waals surface area (Å²) in [4.78, 5) is 2.20. The summed E-state index contributed by atoms with van der Waals surface area (Å²) in [6.45, 7) is 1.61. The van der Waals surface area contributed by atoms with Crippen molar-refractivity contribution >= 4 is 0 Å². The molecule has 3 nitrogen and oxygen atoms in total. The predicted molar refractivity (Wildman–Crippen MR) is 77.0 cm³/mol. The molecule has 0 saturated heterocycles. The van der Waals surface area contributed by atoms with Crippen LogP contribution in [0.1, 0.15) is 22.7 Å². The zero-order valence-electron chi connectivity index (χ0n) is 11.4. The predicted octanol–water partition coefficient (Wildman–Crippen LogP) is 3.28. The van der Waals surface area contributed by atoms with E-state index in [4.69, 9.17) is 4.74 Å². The molecule has 1 heterocycles. The molecule has 0 aromatic heterocycles. The highest BCUT2D eigenvalue weighted by atomic mass is 16.5. The maximum Gasteiger partial charge on any atom is 0.124 e. The van der Waals surface area contributed by atoms with Gasteiger partial charge in [-0.05, 0) is 28.8 Å². The molecule has 0 amide bonds. The Morgan fingerprint density at radius 3 is 2.65 bits per heavy atom. The summed E-state index contributed by atoms with van der Waals surface area (Å²) in [5.74, 6) is 0.857. The normalized spacial score (nSPS) is 17.5. The van der Waals surface area contributed by atoms with Crippen molar-refractivity contribution in [2.45, 2.75) is 19.1 Å². The number of rotatable bonds is 3. The van der Waals surface area contributed by atoms with Gasteiger partial charge in [0.05, 0.1) is 13.2 Å². The molecule has 0 bridgehead atoms. The van der Waals surface area contributed by atoms with E-state index in [1.54, 1.807) is 7.11 Å². The van der Waals surface area contributed by atoms with Gasteiger partial charge in [-0.1, -0.05) is 36.4 Å². The van der Waals surface area contributed by atoms with E-state index in [2.05, 4.69) is 35.2 Å². The van der Waals surface area contributed by atoms with E-state index < -0.39 is 0 Å². The van der Waals surface area contributed by atoms with E-state index in [9.17, 15) is 5.26 Å². The first-order valence-corrected chi connectivity index (χ1v) is 6.66. The van der Waals surface area contributed by atoms with Gasteiger partial charge >= 0.3 is 0 Å². The van der Waals surface area contributed by atoms with Gasteiger partial charge < -0.3 is 4.74 Å². The standard InChI is InChI=1S/C17H16N2O/c1-20-15-8-6-13(7-9-15)11-19-12-14-4-2-3-5-16(14)17(19)10-18/h2-9,17H,11-12H2,1H3. The van der Waals surface area contributed by atoms with Crippen LogP contribution in [0.25, 0.3) is 0 Å². The number of nitrogens with zero attached hydrogens (tertiary/aromatic N) is 2. The molecule has 3 rings (SSSR count). The summed E-state index contributed by atoms with van der Waals surface area (Å²) < 4.78 is 5.17. The highest BCUT2D eigenvalue weighted by Crippen LogP contribution is 2.34. The van der Waals surface area contributed by atoms with E-state index in [1.165, 1.54) is 11.1 Å². The van der Waals surface area contributed by atoms with Crippen molar-refractivity contribution in [1.29, 1.82) is 5.26 Å². The Morgan fingerprint density at radius 1 is 1.20 bits per heavy atom. The van der Waals surface area contributed by atoms with Crippen LogP contribution < -0.4 is 4.74 Å². The van der Waals surface area contributed by atoms with Crippen LogP contribution in [0.4, 0.5) is 0 Å². The SMILES string of the molecule is COc1ccc(CN2Cc3ccccc3C2C#N)cc1. The van der Waals surface area contributed by atoms with Gasteiger partial charge in [0.15, 0.2) is 0 Å². The van der Waals surface area contributed by atoms with Crippen molar-refractivity contribution in [3.63, 3.8) is 0 Å². The number of fused-ring (bicyclic) bond motifs is 1. The minimum Gasteiger partial charge on any atom is -0.497 e. The van der Waals surface area contributed by atoms with E-state index in [-0.39, 0.29) is 6.04 Å². The van der Waals surface area contributed by atoms with E-state index in [0.29, 0.717) is 0 Å². The Hall–Kier alpha value is -2.31. The smallest absolute Gasteiger partial charge is 0.124 e. The molecule has 0 radical (unpaired) electrons. The summed E-state index contributed by atoms with van der Waals surface area (Å²) in [6, 6.07) is 18.5. The average molecular weight is 264 g/mol. The third-order valence-electron chi connectivity index (χ3n) is 3.76. The minimum atomic E-state index is -0.145. The van der Waals surface area contributed by atoms with Gasteiger partial charge in [-0.2, -0.15) is 5.26 Å². The van der Waals surface area contributed by atoms with Crippen molar-refractivity contribution in [2.24, 2.45) is 0 Å². The molecule has 1 atom stereocenters. The Bertz CT molecular complexity index is 643. The fourth-order valence-corrected chi connectivity index (χ4v) is 2.72. The Kier molecular flexibility index (Phi) is 3.41. The quantitative estimate of drug-likeness (QED) is 0.853. The Morgan fingerprint density at radius 2 is 1.95 bits per heavy atom. The lowest BCUT2D eigenvalue weighted by Gasteiger charge is -2.19. The van der Waals surface area contributed by atoms with Crippen LogP contribution in [0.15, 0.2) is 48.5 Å². The van der Waals surface area contributed by atoms with Gasteiger partial charge in [-0.3, -0.25) is 4.90 Å². The fraction of sp³-hybridized carbons (Fsp3) is 0.235. The largest absolute Gasteiger partial charge is 0.497 e. The van der Waals surface area contributed by atoms with E-state index in [0.717, 1.165) is 24.4 Å². The summed E-state index contributed by atoms with van der Waals surface area (Å²) in [7, 11) is 1.66. The maximum absolute atomic E-state index is 9.43. The van der Waals surface area contributed by atoms with Crippen LogP contribution in [-0.2, 0) is 13.1 Å². The Labute approximate surface area is 119 Å². The second kappa shape index (κ2) is 5.36. The molecule has 1 unspecified atom stereocenters. The van der Waals surface area contributed by atoms with Crippen LogP contribution in [0.5, 0.6) is 5.75 Å². The highest BCUT2D eigenvalue weighted by Gasteiger charge is 2.29. The lowest BCUT2D eigenvalue weighted by Crippen LogP contribution is -2.20. The summed E-state index contributed by atoms with van der Waals surface area (Å²) in [5.41, 5.74) is 3.59. The molecule has 0 saturated carbocycles. The van der Waals surface area contributed by atoms with E-state index >= 15 is 0 Å². The van der Waals surface area contributed by atoms with Crippen LogP contribution in [0.3, 0.4) is 0 Å². The van der Waals surface area contributed by atoms with Crippen molar-refractivity contribution < 1.29 is 4.74 Å². The van der Waals surface area contributed by atoms with Gasteiger partial charge in [0, 0.05) is 13.1 Å². The molecule has 1 aliphatic heterocycles. The molecule has 3 heteroatoms. The number of hydrogen-bond donors (Lipinski definition) is 0. The number of nitriles is 1. The number of benzene rings is 2. The topological polar surface area (TPSA) is 36.3 Å². The van der Waals surface area contributed by atoms with Gasteiger partial charge in [0.2, 0.25) is 0 Å². The maximum atomic E-state index is 9.43. The average Bonchev–Trinajstić information content (AvgIpc) is 2.85. The monoisotopic (exact) mass is 264 g/mol. The molecular formula is C17H16N2O. The summed E-state index contributed by atoms with van der Waals surface area (Å²) in [6.07, 6.45) is 0. The summed E-state index contributed by atoms with van der Waals surface area (Å²) in [5, 5.41) is 9.43. The van der Waals surface area contributed by atoms with Crippen molar-refractivity contribution in [3.05, 3.63) is 65.2 Å². The number of ether oxygens (including phenoxy) is 1. The molecule has 100 valence electrons. The molecule has 20 heavy (non-hydrogen) atoms. The molecule has 0 aliphatic carbocycles. The molecule has 1 aliphatic rings. The molecular weight excluding hydrogens is 248 g/mol. The van der Waals surface area contributed by atoms with Gasteiger partial charge in [-0.25, -0.2) is 0 Å². The van der Waals surface area contributed by atoms with Crippen LogP contribution in [-0.4, -0.2) is 12.0 Å². The van der Waals surface area contributed by atoms with Crippen molar-refractivity contribution in [1.82, 2.24) is 4.90 Å². The molecule has 0 N–H and O–H groups in total. The van der Waals surface area contributed by atoms with Crippen LogP contribution in [0, 0.1) is 11.3 Å². The molecule has 2 aromatic carbocycles. The zero-order valence-corrected chi connectivity index (χ0v) is 11.4. The molecule has 2 aromatic rings. The van der Waals surface area contributed by atoms with Crippen LogP contribution >= 0.6 is 0 Å². The first-order chi connectivity index (χ1) is 9.81. The van der Waals surface area contributed by atoms with E-state index in [1.807, 2.05) is 24.3 Å². The number of hydrogen-bond acceptors (Lipinski definition) is 3. The summed E-state index contributed by atoms with van der Waals surface area (Å²) >= 11 is 0. The van der Waals surface area contributed by atoms with Crippen molar-refractivity contribution in [3.8, 4) is 11.8 Å². The first-order valence-electron chi connectivity index (χ1n) is 6.66. The van der Waals surface area contributed by atoms with Crippen LogP contribution in [0.2, 0.25) is 0 Å². The van der Waals surface area contributed by atoms with Gasteiger partial charge in [0.1, 0.15) is 11.8 Å². The second-order valence-electron chi connectivity index (χ2n) is 4.98. The number of methoxy groups -OCH3 is 1. The van der Waals surface area contributed by atoms with Gasteiger partial charge in [0.25, 0.3) is 0 Å². The third-order valence-corrected chi connectivity index (χ3v) is 3.76. The first kappa shape index (κ1) is 12.7. The van der Waals surface area contributed by atoms with Gasteiger partial charge in [-0.15, -0.1) is 0 Å². The minimum absolute atomic E-state index is 0.145. The molecule has 0 spiro atoms. The third kappa shape index (κ3) is 2.26. The molecule has 0 fully saturated rings. The second-order valence-corrected chi connectivity index (χ2v) is 4.98. The lowest BCUT2D eigenvalue weighted by molar-refractivity contribution is 0.245. The Balaban J connectivity index is 1.80. The van der Waals surface area contributed by atoms with Crippen molar-refractivity contribution in [2.75, 3.05) is 7.11 Å². The highest BCUT2D eigenvalue weighted by molar-refractivity contribution is 5.38. The fourth-order valence-electron chi connectivity index (χ4n) is 2.72. The zero-order chi connectivity index (χ0) is 13.9.